The van der Waals surface area contributed by atoms with Crippen LogP contribution in [0.15, 0.2) is 0 Å². The number of nitrogens with zero attached hydrogens (tertiary/aromatic N) is 1. The number of carbonyl (C=O) groups excluding carboxylic acids is 1. The van der Waals surface area contributed by atoms with Gasteiger partial charge >= 0.3 is 6.03 Å². The summed E-state index contributed by atoms with van der Waals surface area (Å²) in [4.78, 5) is 13.3. The number of hydrogen-bond acceptors (Lipinski definition) is 1. The van der Waals surface area contributed by atoms with Crippen LogP contribution in [0.25, 0.3) is 0 Å². The van der Waals surface area contributed by atoms with Crippen LogP contribution in [0, 0.1) is 18.3 Å². The highest BCUT2D eigenvalue weighted by Gasteiger charge is 2.33. The van der Waals surface area contributed by atoms with Crippen LogP contribution in [0.1, 0.15) is 20.3 Å². The van der Waals surface area contributed by atoms with Gasteiger partial charge in [0.1, 0.15) is 0 Å². The summed E-state index contributed by atoms with van der Waals surface area (Å²) in [6.07, 6.45) is 6.16. The van der Waals surface area contributed by atoms with Gasteiger partial charge in [0.05, 0.1) is 6.54 Å². The standard InChI is InChI=1S/C10H16N2O/c1-4-6-11-10(13)12-7-5-9(12)8(2)3/h1,8-9H,5-7H2,2-3H3,(H,11,13). The Balaban J connectivity index is 2.36. The molecule has 1 aliphatic heterocycles. The molecule has 1 rings (SSSR count). The second kappa shape index (κ2) is 4.18. The minimum Gasteiger partial charge on any atom is -0.327 e. The Morgan fingerprint density at radius 1 is 1.77 bits per heavy atom. The van der Waals surface area contributed by atoms with E-state index in [1.165, 1.54) is 0 Å². The number of rotatable bonds is 2. The third-order valence-electron chi connectivity index (χ3n) is 2.44. The number of hydrogen-bond donors (Lipinski definition) is 1. The van der Waals surface area contributed by atoms with E-state index in [0.29, 0.717) is 18.5 Å². The van der Waals surface area contributed by atoms with Crippen molar-refractivity contribution in [2.75, 3.05) is 13.1 Å². The van der Waals surface area contributed by atoms with Gasteiger partial charge in [0, 0.05) is 12.6 Å². The van der Waals surface area contributed by atoms with Crippen LogP contribution in [0.2, 0.25) is 0 Å². The second-order valence-corrected chi connectivity index (χ2v) is 3.66. The van der Waals surface area contributed by atoms with Gasteiger partial charge in [-0.2, -0.15) is 0 Å². The molecule has 1 heterocycles. The molecule has 1 N–H and O–H groups in total. The van der Waals surface area contributed by atoms with Crippen molar-refractivity contribution in [2.45, 2.75) is 26.3 Å². The van der Waals surface area contributed by atoms with Gasteiger partial charge in [-0.3, -0.25) is 0 Å². The molecule has 1 atom stereocenters. The molecule has 0 spiro atoms. The zero-order valence-corrected chi connectivity index (χ0v) is 8.21. The monoisotopic (exact) mass is 180 g/mol. The molecule has 13 heavy (non-hydrogen) atoms. The van der Waals surface area contributed by atoms with Crippen molar-refractivity contribution in [1.29, 1.82) is 0 Å². The lowest BCUT2D eigenvalue weighted by atomic mass is 9.92. The lowest BCUT2D eigenvalue weighted by molar-refractivity contribution is 0.0870. The molecular weight excluding hydrogens is 164 g/mol. The first-order chi connectivity index (χ1) is 6.16. The second-order valence-electron chi connectivity index (χ2n) is 3.66. The number of nitrogens with one attached hydrogen (secondary N) is 1. The summed E-state index contributed by atoms with van der Waals surface area (Å²) in [5.74, 6) is 2.92. The summed E-state index contributed by atoms with van der Waals surface area (Å²) in [7, 11) is 0. The average molecular weight is 180 g/mol. The van der Waals surface area contributed by atoms with Gasteiger partial charge in [0.15, 0.2) is 0 Å². The van der Waals surface area contributed by atoms with E-state index in [-0.39, 0.29) is 6.03 Å². The number of likely N-dealkylation sites (tertiary alicyclic amines) is 1. The Hall–Kier alpha value is -1.17. The van der Waals surface area contributed by atoms with Crippen molar-refractivity contribution in [2.24, 2.45) is 5.92 Å². The SMILES string of the molecule is C#CCNC(=O)N1CCC1C(C)C. The van der Waals surface area contributed by atoms with E-state index in [1.54, 1.807) is 0 Å². The Labute approximate surface area is 79.5 Å². The minimum absolute atomic E-state index is 0.0251. The summed E-state index contributed by atoms with van der Waals surface area (Å²) in [5.41, 5.74) is 0. The molecule has 2 amide bonds. The van der Waals surface area contributed by atoms with E-state index >= 15 is 0 Å². The van der Waals surface area contributed by atoms with Crippen molar-refractivity contribution >= 4 is 6.03 Å². The molecule has 0 saturated carbocycles. The van der Waals surface area contributed by atoms with Gasteiger partial charge in [0.25, 0.3) is 0 Å². The highest BCUT2D eigenvalue weighted by Crippen LogP contribution is 2.23. The van der Waals surface area contributed by atoms with E-state index < -0.39 is 0 Å². The molecule has 1 unspecified atom stereocenters. The van der Waals surface area contributed by atoms with Crippen molar-refractivity contribution in [3.63, 3.8) is 0 Å². The summed E-state index contributed by atoms with van der Waals surface area (Å²) in [5, 5.41) is 2.67. The van der Waals surface area contributed by atoms with Gasteiger partial charge in [0.2, 0.25) is 0 Å². The van der Waals surface area contributed by atoms with Crippen LogP contribution in [0.3, 0.4) is 0 Å². The molecule has 0 aliphatic carbocycles. The maximum absolute atomic E-state index is 11.4. The van der Waals surface area contributed by atoms with Crippen LogP contribution in [-0.2, 0) is 0 Å². The van der Waals surface area contributed by atoms with Crippen LogP contribution in [0.5, 0.6) is 0 Å². The number of carbonyl (C=O) groups is 1. The predicted octanol–water partition coefficient (Wildman–Crippen LogP) is 1.06. The third-order valence-corrected chi connectivity index (χ3v) is 2.44. The van der Waals surface area contributed by atoms with E-state index in [0.717, 1.165) is 13.0 Å². The quantitative estimate of drug-likeness (QED) is 0.633. The van der Waals surface area contributed by atoms with Crippen LogP contribution in [-0.4, -0.2) is 30.1 Å². The Kier molecular flexibility index (Phi) is 3.18. The molecular formula is C10H16N2O. The molecule has 0 aromatic rings. The zero-order valence-electron chi connectivity index (χ0n) is 8.21. The first kappa shape index (κ1) is 9.91. The fourth-order valence-corrected chi connectivity index (χ4v) is 1.58. The van der Waals surface area contributed by atoms with Gasteiger partial charge in [-0.25, -0.2) is 4.79 Å². The summed E-state index contributed by atoms with van der Waals surface area (Å²) >= 11 is 0. The summed E-state index contributed by atoms with van der Waals surface area (Å²) in [6.45, 7) is 5.44. The molecule has 0 bridgehead atoms. The highest BCUT2D eigenvalue weighted by atomic mass is 16.2. The largest absolute Gasteiger partial charge is 0.327 e. The first-order valence-electron chi connectivity index (χ1n) is 4.64. The molecule has 0 aromatic carbocycles. The van der Waals surface area contributed by atoms with Crippen molar-refractivity contribution in [3.8, 4) is 12.3 Å². The normalized spacial score (nSPS) is 20.8. The lowest BCUT2D eigenvalue weighted by Gasteiger charge is -2.43. The Bertz CT molecular complexity index is 230. The van der Waals surface area contributed by atoms with Crippen LogP contribution < -0.4 is 5.32 Å². The molecule has 3 heteroatoms. The lowest BCUT2D eigenvalue weighted by Crippen LogP contribution is -2.56. The first-order valence-corrected chi connectivity index (χ1v) is 4.64. The van der Waals surface area contributed by atoms with Gasteiger partial charge in [-0.05, 0) is 12.3 Å². The molecule has 1 aliphatic rings. The predicted molar refractivity (Wildman–Crippen MR) is 52.2 cm³/mol. The van der Waals surface area contributed by atoms with Gasteiger partial charge in [-0.1, -0.05) is 19.8 Å². The average Bonchev–Trinajstić information content (AvgIpc) is 1.97. The number of amides is 2. The molecule has 72 valence electrons. The van der Waals surface area contributed by atoms with Crippen LogP contribution >= 0.6 is 0 Å². The fourth-order valence-electron chi connectivity index (χ4n) is 1.58. The van der Waals surface area contributed by atoms with Crippen molar-refractivity contribution < 1.29 is 4.79 Å². The van der Waals surface area contributed by atoms with Gasteiger partial charge < -0.3 is 10.2 Å². The van der Waals surface area contributed by atoms with Crippen molar-refractivity contribution in [1.82, 2.24) is 10.2 Å². The molecule has 1 fully saturated rings. The topological polar surface area (TPSA) is 32.3 Å². The zero-order chi connectivity index (χ0) is 9.84. The number of terminal acetylenes is 1. The highest BCUT2D eigenvalue weighted by molar-refractivity contribution is 5.75. The van der Waals surface area contributed by atoms with Crippen LogP contribution in [0.4, 0.5) is 4.79 Å². The van der Waals surface area contributed by atoms with E-state index in [2.05, 4.69) is 25.1 Å². The maximum atomic E-state index is 11.4. The van der Waals surface area contributed by atoms with Gasteiger partial charge in [-0.15, -0.1) is 6.42 Å². The molecule has 1 saturated heterocycles. The fraction of sp³-hybridized carbons (Fsp3) is 0.700. The minimum atomic E-state index is -0.0251. The maximum Gasteiger partial charge on any atom is 0.318 e. The Morgan fingerprint density at radius 2 is 2.46 bits per heavy atom. The van der Waals surface area contributed by atoms with E-state index in [9.17, 15) is 4.79 Å². The van der Waals surface area contributed by atoms with E-state index in [4.69, 9.17) is 6.42 Å². The molecule has 0 aromatic heterocycles. The summed E-state index contributed by atoms with van der Waals surface area (Å²) in [6, 6.07) is 0.376. The Morgan fingerprint density at radius 3 is 2.85 bits per heavy atom. The van der Waals surface area contributed by atoms with Crippen molar-refractivity contribution in [3.05, 3.63) is 0 Å². The smallest absolute Gasteiger partial charge is 0.318 e. The third kappa shape index (κ3) is 2.15. The number of urea groups is 1. The van der Waals surface area contributed by atoms with E-state index in [1.807, 2.05) is 4.90 Å². The summed E-state index contributed by atoms with van der Waals surface area (Å²) < 4.78 is 0. The molecule has 0 radical (unpaired) electrons. The molecule has 3 nitrogen and oxygen atoms in total.